The highest BCUT2D eigenvalue weighted by atomic mass is 32.2. The van der Waals surface area contributed by atoms with Gasteiger partial charge in [-0.05, 0) is 62.3 Å². The Hall–Kier alpha value is -2.75. The molecule has 4 rings (SSSR count). The second-order valence-electron chi connectivity index (χ2n) is 9.82. The molecule has 0 bridgehead atoms. The van der Waals surface area contributed by atoms with Crippen LogP contribution in [0.3, 0.4) is 0 Å². The molecule has 37 heavy (non-hydrogen) atoms. The van der Waals surface area contributed by atoms with E-state index >= 15 is 0 Å². The lowest BCUT2D eigenvalue weighted by Crippen LogP contribution is -2.49. The van der Waals surface area contributed by atoms with E-state index in [-0.39, 0.29) is 29.2 Å². The fourth-order valence-electron chi connectivity index (χ4n) is 4.83. The fourth-order valence-corrected chi connectivity index (χ4v) is 6.35. The van der Waals surface area contributed by atoms with Gasteiger partial charge in [-0.25, -0.2) is 8.42 Å². The van der Waals surface area contributed by atoms with Crippen LogP contribution >= 0.6 is 0 Å². The number of amides is 2. The zero-order valence-corrected chi connectivity index (χ0v) is 22.3. The molecule has 1 N–H and O–H groups in total. The summed E-state index contributed by atoms with van der Waals surface area (Å²) in [5.41, 5.74) is 1.83. The Morgan fingerprint density at radius 2 is 1.73 bits per heavy atom. The van der Waals surface area contributed by atoms with Crippen LogP contribution in [0.15, 0.2) is 59.5 Å². The van der Waals surface area contributed by atoms with Crippen molar-refractivity contribution >= 4 is 21.8 Å². The second kappa shape index (κ2) is 12.7. The molecule has 9 heteroatoms. The Kier molecular flexibility index (Phi) is 9.34. The van der Waals surface area contributed by atoms with Gasteiger partial charge in [-0.1, -0.05) is 42.5 Å². The lowest BCUT2D eigenvalue weighted by atomic mass is 10.1. The van der Waals surface area contributed by atoms with Crippen molar-refractivity contribution in [3.05, 3.63) is 65.7 Å². The molecule has 2 aliphatic heterocycles. The van der Waals surface area contributed by atoms with Crippen LogP contribution < -0.4 is 5.32 Å². The van der Waals surface area contributed by atoms with Crippen molar-refractivity contribution in [1.29, 1.82) is 0 Å². The summed E-state index contributed by atoms with van der Waals surface area (Å²) in [6.07, 6.45) is 4.42. The van der Waals surface area contributed by atoms with Crippen molar-refractivity contribution in [2.24, 2.45) is 0 Å². The van der Waals surface area contributed by atoms with Gasteiger partial charge in [0, 0.05) is 39.2 Å². The Morgan fingerprint density at radius 3 is 2.38 bits per heavy atom. The van der Waals surface area contributed by atoms with Crippen LogP contribution in [-0.2, 0) is 37.3 Å². The number of benzene rings is 2. The van der Waals surface area contributed by atoms with Crippen LogP contribution in [0.5, 0.6) is 0 Å². The second-order valence-corrected chi connectivity index (χ2v) is 11.8. The van der Waals surface area contributed by atoms with Gasteiger partial charge in [0.1, 0.15) is 6.04 Å². The molecule has 0 spiro atoms. The SMILES string of the molecule is C[C@H](C(=O)NC[C@@H]1CCCO1)N(Cc1ccccc1)C(=O)CCc1ccc(S(=O)(=O)N2CCCC2)cc1. The number of sulfonamides is 1. The van der Waals surface area contributed by atoms with E-state index in [2.05, 4.69) is 5.32 Å². The standard InChI is InChI=1S/C28H37N3O5S/c1-22(28(33)29-20-25-10-7-19-36-25)31(21-24-8-3-2-4-9-24)27(32)16-13-23-11-14-26(15-12-23)37(34,35)30-17-5-6-18-30/h2-4,8-9,11-12,14-15,22,25H,5-7,10,13,16-21H2,1H3,(H,29,33)/t22-,25+/m1/s1. The summed E-state index contributed by atoms with van der Waals surface area (Å²) in [5.74, 6) is -0.325. The highest BCUT2D eigenvalue weighted by Crippen LogP contribution is 2.22. The minimum Gasteiger partial charge on any atom is -0.376 e. The Bertz CT molecular complexity index is 1140. The maximum Gasteiger partial charge on any atom is 0.243 e. The van der Waals surface area contributed by atoms with Crippen molar-refractivity contribution in [2.75, 3.05) is 26.2 Å². The molecule has 2 aromatic rings. The number of aryl methyl sites for hydroxylation is 1. The van der Waals surface area contributed by atoms with Crippen molar-refractivity contribution in [1.82, 2.24) is 14.5 Å². The first-order chi connectivity index (χ1) is 17.8. The molecule has 0 saturated carbocycles. The first-order valence-corrected chi connectivity index (χ1v) is 14.6. The molecule has 2 fully saturated rings. The number of nitrogens with one attached hydrogen (secondary N) is 1. The molecule has 2 atom stereocenters. The lowest BCUT2D eigenvalue weighted by Gasteiger charge is -2.29. The summed E-state index contributed by atoms with van der Waals surface area (Å²) in [4.78, 5) is 28.2. The van der Waals surface area contributed by atoms with E-state index in [0.717, 1.165) is 43.4 Å². The zero-order valence-electron chi connectivity index (χ0n) is 21.5. The largest absolute Gasteiger partial charge is 0.376 e. The van der Waals surface area contributed by atoms with Crippen molar-refractivity contribution in [2.45, 2.75) is 69.0 Å². The number of carbonyl (C=O) groups is 2. The van der Waals surface area contributed by atoms with E-state index in [1.165, 1.54) is 4.31 Å². The summed E-state index contributed by atoms with van der Waals surface area (Å²) >= 11 is 0. The van der Waals surface area contributed by atoms with Gasteiger partial charge >= 0.3 is 0 Å². The lowest BCUT2D eigenvalue weighted by molar-refractivity contribution is -0.140. The van der Waals surface area contributed by atoms with Gasteiger partial charge in [0.15, 0.2) is 0 Å². The Morgan fingerprint density at radius 1 is 1.03 bits per heavy atom. The van der Waals surface area contributed by atoms with Crippen LogP contribution in [0.1, 0.15) is 50.2 Å². The van der Waals surface area contributed by atoms with Crippen LogP contribution in [0.4, 0.5) is 0 Å². The maximum atomic E-state index is 13.3. The molecule has 0 aromatic heterocycles. The smallest absolute Gasteiger partial charge is 0.243 e. The third-order valence-corrected chi connectivity index (χ3v) is 9.06. The first-order valence-electron chi connectivity index (χ1n) is 13.2. The Labute approximate surface area is 220 Å². The molecule has 8 nitrogen and oxygen atoms in total. The molecule has 0 unspecified atom stereocenters. The number of carbonyl (C=O) groups excluding carboxylic acids is 2. The van der Waals surface area contributed by atoms with Gasteiger partial charge in [0.2, 0.25) is 21.8 Å². The monoisotopic (exact) mass is 527 g/mol. The molecule has 200 valence electrons. The minimum atomic E-state index is -3.46. The quantitative estimate of drug-likeness (QED) is 0.485. The van der Waals surface area contributed by atoms with E-state index in [0.29, 0.717) is 32.6 Å². The summed E-state index contributed by atoms with van der Waals surface area (Å²) in [6, 6.07) is 15.8. The zero-order chi connectivity index (χ0) is 26.3. The van der Waals surface area contributed by atoms with Crippen LogP contribution in [0.25, 0.3) is 0 Å². The summed E-state index contributed by atoms with van der Waals surface area (Å²) in [6.45, 7) is 4.39. The molecular weight excluding hydrogens is 490 g/mol. The van der Waals surface area contributed by atoms with Crippen LogP contribution in [0, 0.1) is 0 Å². The van der Waals surface area contributed by atoms with Gasteiger partial charge in [-0.3, -0.25) is 9.59 Å². The number of ether oxygens (including phenoxy) is 1. The van der Waals surface area contributed by atoms with Gasteiger partial charge in [0.05, 0.1) is 11.0 Å². The van der Waals surface area contributed by atoms with Gasteiger partial charge < -0.3 is 15.0 Å². The van der Waals surface area contributed by atoms with E-state index < -0.39 is 16.1 Å². The molecule has 2 heterocycles. The van der Waals surface area contributed by atoms with E-state index in [9.17, 15) is 18.0 Å². The topological polar surface area (TPSA) is 96.0 Å². The first kappa shape index (κ1) is 27.3. The molecule has 2 saturated heterocycles. The molecule has 2 amide bonds. The van der Waals surface area contributed by atoms with Gasteiger partial charge in [-0.15, -0.1) is 0 Å². The summed E-state index contributed by atoms with van der Waals surface area (Å²) < 4.78 is 32.7. The van der Waals surface area contributed by atoms with E-state index in [1.54, 1.807) is 36.1 Å². The van der Waals surface area contributed by atoms with Gasteiger partial charge in [-0.2, -0.15) is 4.31 Å². The summed E-state index contributed by atoms with van der Waals surface area (Å²) in [7, 11) is -3.46. The van der Waals surface area contributed by atoms with Crippen LogP contribution in [-0.4, -0.2) is 67.8 Å². The predicted octanol–water partition coefficient (Wildman–Crippen LogP) is 3.12. The highest BCUT2D eigenvalue weighted by molar-refractivity contribution is 7.89. The normalized spacial score (nSPS) is 19.0. The molecule has 0 aliphatic carbocycles. The van der Waals surface area contributed by atoms with E-state index in [4.69, 9.17) is 4.74 Å². The Balaban J connectivity index is 1.38. The third-order valence-electron chi connectivity index (χ3n) is 7.14. The average molecular weight is 528 g/mol. The predicted molar refractivity (Wildman–Crippen MR) is 141 cm³/mol. The van der Waals surface area contributed by atoms with Crippen LogP contribution in [0.2, 0.25) is 0 Å². The molecule has 0 radical (unpaired) electrons. The summed E-state index contributed by atoms with van der Waals surface area (Å²) in [5, 5.41) is 2.94. The minimum absolute atomic E-state index is 0.0340. The maximum absolute atomic E-state index is 13.3. The van der Waals surface area contributed by atoms with E-state index in [1.807, 2.05) is 30.3 Å². The highest BCUT2D eigenvalue weighted by Gasteiger charge is 2.28. The molecule has 2 aromatic carbocycles. The van der Waals surface area contributed by atoms with Gasteiger partial charge in [0.25, 0.3) is 0 Å². The number of rotatable bonds is 11. The number of hydrogen-bond acceptors (Lipinski definition) is 5. The number of nitrogens with zero attached hydrogens (tertiary/aromatic N) is 2. The van der Waals surface area contributed by atoms with Crippen molar-refractivity contribution in [3.63, 3.8) is 0 Å². The number of hydrogen-bond donors (Lipinski definition) is 1. The fraction of sp³-hybridized carbons (Fsp3) is 0.500. The van der Waals surface area contributed by atoms with Crippen molar-refractivity contribution < 1.29 is 22.7 Å². The van der Waals surface area contributed by atoms with Crippen molar-refractivity contribution in [3.8, 4) is 0 Å². The molecule has 2 aliphatic rings. The average Bonchev–Trinajstić information content (AvgIpc) is 3.65. The molecular formula is C28H37N3O5S. The third kappa shape index (κ3) is 7.18.